The first-order valence-electron chi connectivity index (χ1n) is 19.6. The maximum absolute atomic E-state index is 6.20. The van der Waals surface area contributed by atoms with E-state index in [4.69, 9.17) is 9.47 Å². The highest BCUT2D eigenvalue weighted by atomic mass is 16.5. The average molecular weight is 604 g/mol. The molecule has 254 valence electrons. The third-order valence-electron chi connectivity index (χ3n) is 9.08. The summed E-state index contributed by atoms with van der Waals surface area (Å²) >= 11 is 0. The van der Waals surface area contributed by atoms with Crippen molar-refractivity contribution in [3.05, 3.63) is 24.3 Å². The second kappa shape index (κ2) is 34.2. The van der Waals surface area contributed by atoms with Crippen LogP contribution >= 0.6 is 0 Å². The number of nitrogens with one attached hydrogen (secondary N) is 1. The van der Waals surface area contributed by atoms with Gasteiger partial charge in [-0.05, 0) is 64.2 Å². The molecule has 1 N–H and O–H groups in total. The molecule has 1 rings (SSSR count). The minimum absolute atomic E-state index is 0.236. The van der Waals surface area contributed by atoms with Crippen molar-refractivity contribution < 1.29 is 9.47 Å². The van der Waals surface area contributed by atoms with Crippen LogP contribution in [0.1, 0.15) is 194 Å². The van der Waals surface area contributed by atoms with Gasteiger partial charge in [-0.1, -0.05) is 154 Å². The summed E-state index contributed by atoms with van der Waals surface area (Å²) < 4.78 is 12.4. The van der Waals surface area contributed by atoms with Crippen LogP contribution in [0.15, 0.2) is 24.3 Å². The van der Waals surface area contributed by atoms with Gasteiger partial charge in [0.2, 0.25) is 0 Å². The predicted molar refractivity (Wildman–Crippen MR) is 191 cm³/mol. The van der Waals surface area contributed by atoms with Crippen molar-refractivity contribution in [2.45, 2.75) is 206 Å². The highest BCUT2D eigenvalue weighted by Gasteiger charge is 2.28. The Morgan fingerprint density at radius 2 is 0.674 bits per heavy atom. The van der Waals surface area contributed by atoms with E-state index in [0.29, 0.717) is 0 Å². The third kappa shape index (κ3) is 28.6. The molecule has 0 aromatic carbocycles. The van der Waals surface area contributed by atoms with Gasteiger partial charge < -0.3 is 14.8 Å². The van der Waals surface area contributed by atoms with Crippen LogP contribution in [-0.2, 0) is 9.47 Å². The summed E-state index contributed by atoms with van der Waals surface area (Å²) in [5.74, 6) is 0. The van der Waals surface area contributed by atoms with Gasteiger partial charge in [-0.3, -0.25) is 0 Å². The highest BCUT2D eigenvalue weighted by Crippen LogP contribution is 2.14. The molecule has 1 saturated heterocycles. The first-order valence-corrected chi connectivity index (χ1v) is 19.6. The van der Waals surface area contributed by atoms with Gasteiger partial charge in [-0.2, -0.15) is 0 Å². The zero-order valence-corrected chi connectivity index (χ0v) is 29.4. The van der Waals surface area contributed by atoms with E-state index in [0.717, 1.165) is 26.3 Å². The fourth-order valence-electron chi connectivity index (χ4n) is 6.13. The van der Waals surface area contributed by atoms with Crippen molar-refractivity contribution in [2.75, 3.05) is 26.3 Å². The minimum Gasteiger partial charge on any atom is -0.374 e. The van der Waals surface area contributed by atoms with Crippen molar-refractivity contribution >= 4 is 0 Å². The van der Waals surface area contributed by atoms with Crippen LogP contribution in [0, 0.1) is 0 Å². The number of hydrogen-bond acceptors (Lipinski definition) is 3. The van der Waals surface area contributed by atoms with E-state index < -0.39 is 0 Å². The Hall–Kier alpha value is -0.640. The maximum atomic E-state index is 6.20. The van der Waals surface area contributed by atoms with Gasteiger partial charge in [-0.15, -0.1) is 0 Å². The molecule has 0 aromatic rings. The maximum Gasteiger partial charge on any atom is 0.0973 e. The number of unbranched alkanes of at least 4 members (excludes halogenated alkanes) is 24. The van der Waals surface area contributed by atoms with Crippen molar-refractivity contribution in [1.82, 2.24) is 5.32 Å². The van der Waals surface area contributed by atoms with E-state index in [9.17, 15) is 0 Å². The van der Waals surface area contributed by atoms with Crippen LogP contribution in [-0.4, -0.2) is 38.5 Å². The van der Waals surface area contributed by atoms with Crippen molar-refractivity contribution in [1.29, 1.82) is 0 Å². The monoisotopic (exact) mass is 604 g/mol. The van der Waals surface area contributed by atoms with Crippen molar-refractivity contribution in [3.63, 3.8) is 0 Å². The van der Waals surface area contributed by atoms with Crippen molar-refractivity contribution in [2.24, 2.45) is 0 Å². The summed E-state index contributed by atoms with van der Waals surface area (Å²) in [6.45, 7) is 8.22. The number of rotatable bonds is 34. The van der Waals surface area contributed by atoms with Gasteiger partial charge in [0.25, 0.3) is 0 Å². The summed E-state index contributed by atoms with van der Waals surface area (Å²) in [7, 11) is 0. The average Bonchev–Trinajstić information content (AvgIpc) is 3.47. The van der Waals surface area contributed by atoms with E-state index in [2.05, 4.69) is 43.5 Å². The van der Waals surface area contributed by atoms with E-state index in [1.54, 1.807) is 0 Å². The zero-order valence-electron chi connectivity index (χ0n) is 29.4. The summed E-state index contributed by atoms with van der Waals surface area (Å²) in [5.41, 5.74) is 0. The number of hydrogen-bond donors (Lipinski definition) is 1. The molecule has 1 heterocycles. The molecule has 2 atom stereocenters. The SMILES string of the molecule is CCCCCCCCCCC/C=C\CCCCCOC1CNCC1OCCCCC/C=C\CCCCCCCCCCC. The molecule has 0 radical (unpaired) electrons. The van der Waals surface area contributed by atoms with Gasteiger partial charge in [0.15, 0.2) is 0 Å². The molecule has 0 aliphatic carbocycles. The molecule has 43 heavy (non-hydrogen) atoms. The predicted octanol–water partition coefficient (Wildman–Crippen LogP) is 12.4. The molecule has 0 bridgehead atoms. The van der Waals surface area contributed by atoms with Gasteiger partial charge in [0.05, 0.1) is 12.2 Å². The lowest BCUT2D eigenvalue weighted by Gasteiger charge is -2.19. The molecule has 3 nitrogen and oxygen atoms in total. The van der Waals surface area contributed by atoms with Gasteiger partial charge in [-0.25, -0.2) is 0 Å². The summed E-state index contributed by atoms with van der Waals surface area (Å²) in [4.78, 5) is 0. The van der Waals surface area contributed by atoms with Crippen LogP contribution in [0.25, 0.3) is 0 Å². The molecule has 0 spiro atoms. The quantitative estimate of drug-likeness (QED) is 0.0586. The van der Waals surface area contributed by atoms with Crippen LogP contribution in [0.3, 0.4) is 0 Å². The molecule has 0 aromatic heterocycles. The number of allylic oxidation sites excluding steroid dienone is 4. The van der Waals surface area contributed by atoms with Gasteiger partial charge in [0.1, 0.15) is 0 Å². The fraction of sp³-hybridized carbons (Fsp3) is 0.900. The second-order valence-corrected chi connectivity index (χ2v) is 13.4. The molecule has 1 fully saturated rings. The molecular weight excluding hydrogens is 526 g/mol. The Labute approximate surface area is 270 Å². The fourth-order valence-corrected chi connectivity index (χ4v) is 6.13. The Morgan fingerprint density at radius 1 is 0.395 bits per heavy atom. The first-order chi connectivity index (χ1) is 21.4. The lowest BCUT2D eigenvalue weighted by molar-refractivity contribution is -0.0481. The standard InChI is InChI=1S/C40H77NO2/c1-3-5-7-9-11-13-15-17-19-21-23-25-27-29-31-33-35-42-39-37-41-38-40(39)43-36-34-32-30-28-26-24-22-20-18-16-14-12-10-8-6-4-2/h23-26,39-41H,3-22,27-38H2,1-2H3/b25-23-,26-24-. The smallest absolute Gasteiger partial charge is 0.0973 e. The highest BCUT2D eigenvalue weighted by molar-refractivity contribution is 4.84. The normalized spacial score (nSPS) is 17.3. The molecule has 1 aliphatic rings. The van der Waals surface area contributed by atoms with Crippen LogP contribution in [0.5, 0.6) is 0 Å². The van der Waals surface area contributed by atoms with E-state index >= 15 is 0 Å². The van der Waals surface area contributed by atoms with E-state index in [1.807, 2.05) is 0 Å². The Bertz CT molecular complexity index is 539. The summed E-state index contributed by atoms with van der Waals surface area (Å²) in [6.07, 6.45) is 48.1. The lowest BCUT2D eigenvalue weighted by atomic mass is 10.1. The molecule has 0 amide bonds. The molecule has 1 aliphatic heterocycles. The van der Waals surface area contributed by atoms with E-state index in [1.165, 1.54) is 180 Å². The molecule has 3 heteroatoms. The lowest BCUT2D eigenvalue weighted by Crippen LogP contribution is -2.30. The van der Waals surface area contributed by atoms with E-state index in [-0.39, 0.29) is 12.2 Å². The Morgan fingerprint density at radius 3 is 1.00 bits per heavy atom. The zero-order chi connectivity index (χ0) is 30.7. The topological polar surface area (TPSA) is 30.5 Å². The van der Waals surface area contributed by atoms with Crippen LogP contribution in [0.4, 0.5) is 0 Å². The van der Waals surface area contributed by atoms with Gasteiger partial charge >= 0.3 is 0 Å². The molecular formula is C40H77NO2. The summed E-state index contributed by atoms with van der Waals surface area (Å²) in [6, 6.07) is 0. The number of ether oxygens (including phenoxy) is 2. The van der Waals surface area contributed by atoms with Crippen molar-refractivity contribution in [3.8, 4) is 0 Å². The molecule has 0 saturated carbocycles. The summed E-state index contributed by atoms with van der Waals surface area (Å²) in [5, 5.41) is 3.47. The minimum atomic E-state index is 0.236. The van der Waals surface area contributed by atoms with Gasteiger partial charge in [0, 0.05) is 26.3 Å². The largest absolute Gasteiger partial charge is 0.374 e. The van der Waals surface area contributed by atoms with Crippen LogP contribution < -0.4 is 5.32 Å². The third-order valence-corrected chi connectivity index (χ3v) is 9.08. The first kappa shape index (κ1) is 40.4. The Balaban J connectivity index is 1.83. The van der Waals surface area contributed by atoms with Crippen LogP contribution in [0.2, 0.25) is 0 Å². The second-order valence-electron chi connectivity index (χ2n) is 13.4. The molecule has 2 unspecified atom stereocenters. The Kier molecular flexibility index (Phi) is 32.2.